The highest BCUT2D eigenvalue weighted by Crippen LogP contribution is 2.41. The molecule has 41 heavy (non-hydrogen) atoms. The lowest BCUT2D eigenvalue weighted by molar-refractivity contribution is -0.143. The van der Waals surface area contributed by atoms with Crippen molar-refractivity contribution in [1.29, 1.82) is 5.41 Å². The number of anilines is 1. The Labute approximate surface area is 236 Å². The molecule has 0 spiro atoms. The number of alkyl halides is 6. The van der Waals surface area contributed by atoms with Crippen LogP contribution < -0.4 is 10.6 Å². The Balaban J connectivity index is 1.53. The van der Waals surface area contributed by atoms with Crippen LogP contribution in [0, 0.1) is 17.2 Å². The third-order valence-corrected chi connectivity index (χ3v) is 8.42. The average molecular weight is 582 g/mol. The van der Waals surface area contributed by atoms with E-state index in [1.807, 2.05) is 0 Å². The fourth-order valence-corrected chi connectivity index (χ4v) is 5.83. The summed E-state index contributed by atoms with van der Waals surface area (Å²) in [6.45, 7) is 5.75. The topological polar surface area (TPSA) is 69.2 Å². The first-order chi connectivity index (χ1) is 19.1. The molecular formula is C30H37F6N5. The van der Waals surface area contributed by atoms with Crippen molar-refractivity contribution >= 4 is 11.8 Å². The van der Waals surface area contributed by atoms with Crippen molar-refractivity contribution in [3.05, 3.63) is 57.8 Å². The lowest BCUT2D eigenvalue weighted by atomic mass is 9.75. The number of aromatic nitrogens is 1. The highest BCUT2D eigenvalue weighted by Gasteiger charge is 2.38. The quantitative estimate of drug-likeness (QED) is 0.186. The molecule has 0 amide bonds. The molecule has 3 aliphatic carbocycles. The van der Waals surface area contributed by atoms with Crippen molar-refractivity contribution < 1.29 is 26.3 Å². The molecule has 224 valence electrons. The molecule has 0 bridgehead atoms. The predicted molar refractivity (Wildman–Crippen MR) is 145 cm³/mol. The summed E-state index contributed by atoms with van der Waals surface area (Å²) in [5.74, 6) is 1.53. The molecule has 0 saturated heterocycles. The third-order valence-electron chi connectivity index (χ3n) is 8.42. The number of nitrogens with zero attached hydrogens (tertiary/aromatic N) is 3. The normalized spacial score (nSPS) is 18.6. The molecule has 0 radical (unpaired) electrons. The zero-order valence-electron chi connectivity index (χ0n) is 23.4. The standard InChI is InChI=1S/C30H37F6N5/c1-28(2)9-3-4-21-12-22(26(39-25(21)28)40(14-18-5-6-18)15-19-7-8-19)17-41(27(37)38)16-20-10-23(29(31,32)33)13-24(11-20)30(34,35)36/h10-13,18-19H,3-9,14-17H2,1-2H3,(H3,37,38). The third kappa shape index (κ3) is 7.09. The van der Waals surface area contributed by atoms with Crippen molar-refractivity contribution in [1.82, 2.24) is 9.88 Å². The van der Waals surface area contributed by atoms with Gasteiger partial charge in [-0.3, -0.25) is 5.41 Å². The van der Waals surface area contributed by atoms with E-state index in [4.69, 9.17) is 16.1 Å². The second kappa shape index (κ2) is 10.7. The maximum absolute atomic E-state index is 13.5. The van der Waals surface area contributed by atoms with Crippen LogP contribution in [-0.4, -0.2) is 28.9 Å². The number of rotatable bonds is 9. The van der Waals surface area contributed by atoms with Crippen molar-refractivity contribution in [3.8, 4) is 0 Å². The molecule has 11 heteroatoms. The van der Waals surface area contributed by atoms with Crippen LogP contribution in [0.4, 0.5) is 32.2 Å². The van der Waals surface area contributed by atoms with Gasteiger partial charge < -0.3 is 15.5 Å². The molecule has 0 unspecified atom stereocenters. The van der Waals surface area contributed by atoms with Gasteiger partial charge in [0.25, 0.3) is 0 Å². The molecule has 1 aromatic carbocycles. The zero-order valence-corrected chi connectivity index (χ0v) is 23.4. The van der Waals surface area contributed by atoms with Crippen LogP contribution >= 0.6 is 0 Å². The lowest BCUT2D eigenvalue weighted by Crippen LogP contribution is -2.38. The monoisotopic (exact) mass is 581 g/mol. The Morgan fingerprint density at radius 2 is 1.49 bits per heavy atom. The fraction of sp³-hybridized carbons (Fsp3) is 0.600. The minimum Gasteiger partial charge on any atom is -0.370 e. The number of halogens is 6. The second-order valence-corrected chi connectivity index (χ2v) is 12.7. The van der Waals surface area contributed by atoms with Gasteiger partial charge in [0.1, 0.15) is 5.82 Å². The summed E-state index contributed by atoms with van der Waals surface area (Å²) in [6, 6.07) is 3.59. The minimum absolute atomic E-state index is 0.0504. The van der Waals surface area contributed by atoms with Gasteiger partial charge in [-0.1, -0.05) is 13.8 Å². The van der Waals surface area contributed by atoms with Gasteiger partial charge in [-0.15, -0.1) is 0 Å². The number of hydrogen-bond donors (Lipinski definition) is 2. The van der Waals surface area contributed by atoms with Crippen LogP contribution in [0.5, 0.6) is 0 Å². The minimum atomic E-state index is -4.95. The van der Waals surface area contributed by atoms with Crippen LogP contribution in [-0.2, 0) is 37.3 Å². The van der Waals surface area contributed by atoms with E-state index in [2.05, 4.69) is 24.8 Å². The largest absolute Gasteiger partial charge is 0.416 e. The lowest BCUT2D eigenvalue weighted by Gasteiger charge is -2.35. The first-order valence-corrected chi connectivity index (χ1v) is 14.3. The first kappa shape index (κ1) is 29.5. The number of aryl methyl sites for hydroxylation is 1. The first-order valence-electron chi connectivity index (χ1n) is 14.3. The Hall–Kier alpha value is -2.98. The van der Waals surface area contributed by atoms with Gasteiger partial charge in [0, 0.05) is 37.2 Å². The van der Waals surface area contributed by atoms with Gasteiger partial charge in [-0.25, -0.2) is 4.98 Å². The molecule has 5 nitrogen and oxygen atoms in total. The van der Waals surface area contributed by atoms with Gasteiger partial charge in [0.05, 0.1) is 16.8 Å². The highest BCUT2D eigenvalue weighted by atomic mass is 19.4. The highest BCUT2D eigenvalue weighted by molar-refractivity contribution is 5.75. The molecule has 0 aliphatic heterocycles. The SMILES string of the molecule is CC1(C)CCCc2cc(CN(Cc3cc(C(F)(F)F)cc(C(F)(F)F)c3)C(=N)N)c(N(CC3CC3)CC3CC3)nc21. The molecule has 5 rings (SSSR count). The molecule has 2 fully saturated rings. The van der Waals surface area contributed by atoms with E-state index >= 15 is 0 Å². The molecular weight excluding hydrogens is 544 g/mol. The summed E-state index contributed by atoms with van der Waals surface area (Å²) in [7, 11) is 0. The van der Waals surface area contributed by atoms with E-state index in [0.717, 1.165) is 80.7 Å². The summed E-state index contributed by atoms with van der Waals surface area (Å²) < 4.78 is 81.0. The second-order valence-electron chi connectivity index (χ2n) is 12.7. The number of hydrogen-bond acceptors (Lipinski definition) is 3. The van der Waals surface area contributed by atoms with Crippen molar-refractivity contribution in [2.75, 3.05) is 18.0 Å². The van der Waals surface area contributed by atoms with Crippen molar-refractivity contribution in [2.45, 2.75) is 89.7 Å². The van der Waals surface area contributed by atoms with E-state index < -0.39 is 29.4 Å². The average Bonchev–Trinajstić information content (AvgIpc) is 3.79. The summed E-state index contributed by atoms with van der Waals surface area (Å²) in [4.78, 5) is 8.87. The summed E-state index contributed by atoms with van der Waals surface area (Å²) in [6.07, 6.45) is -2.44. The van der Waals surface area contributed by atoms with Crippen LogP contribution in [0.15, 0.2) is 24.3 Å². The molecule has 0 atom stereocenters. The van der Waals surface area contributed by atoms with Gasteiger partial charge in [-0.05, 0) is 92.2 Å². The molecule has 1 heterocycles. The summed E-state index contributed by atoms with van der Waals surface area (Å²) in [5, 5.41) is 8.20. The molecule has 3 N–H and O–H groups in total. The maximum atomic E-state index is 13.5. The maximum Gasteiger partial charge on any atom is 0.416 e. The Morgan fingerprint density at radius 3 is 1.98 bits per heavy atom. The van der Waals surface area contributed by atoms with Crippen LogP contribution in [0.25, 0.3) is 0 Å². The summed E-state index contributed by atoms with van der Waals surface area (Å²) >= 11 is 0. The Bertz CT molecular complexity index is 1250. The smallest absolute Gasteiger partial charge is 0.370 e. The van der Waals surface area contributed by atoms with Crippen molar-refractivity contribution in [2.24, 2.45) is 17.6 Å². The van der Waals surface area contributed by atoms with E-state index in [0.29, 0.717) is 24.0 Å². The Morgan fingerprint density at radius 1 is 0.927 bits per heavy atom. The number of nitrogens with two attached hydrogens (primary N) is 1. The molecule has 3 aliphatic rings. The van der Waals surface area contributed by atoms with E-state index in [-0.39, 0.29) is 30.1 Å². The van der Waals surface area contributed by atoms with Crippen LogP contribution in [0.2, 0.25) is 0 Å². The number of guanidine groups is 1. The van der Waals surface area contributed by atoms with Gasteiger partial charge in [0.2, 0.25) is 0 Å². The van der Waals surface area contributed by atoms with Gasteiger partial charge in [0.15, 0.2) is 5.96 Å². The van der Waals surface area contributed by atoms with E-state index in [1.165, 1.54) is 4.90 Å². The number of benzene rings is 1. The molecule has 1 aromatic heterocycles. The fourth-order valence-electron chi connectivity index (χ4n) is 5.83. The number of nitrogens with one attached hydrogen (secondary N) is 1. The Kier molecular flexibility index (Phi) is 7.70. The molecule has 2 aromatic rings. The number of pyridine rings is 1. The van der Waals surface area contributed by atoms with E-state index in [9.17, 15) is 26.3 Å². The number of fused-ring (bicyclic) bond motifs is 1. The van der Waals surface area contributed by atoms with Crippen LogP contribution in [0.1, 0.15) is 85.9 Å². The zero-order chi connectivity index (χ0) is 29.7. The summed E-state index contributed by atoms with van der Waals surface area (Å²) in [5.41, 5.74) is 5.73. The van der Waals surface area contributed by atoms with Crippen LogP contribution in [0.3, 0.4) is 0 Å². The van der Waals surface area contributed by atoms with Crippen molar-refractivity contribution in [3.63, 3.8) is 0 Å². The van der Waals surface area contributed by atoms with Gasteiger partial charge >= 0.3 is 12.4 Å². The predicted octanol–water partition coefficient (Wildman–Crippen LogP) is 7.26. The molecule has 2 saturated carbocycles. The van der Waals surface area contributed by atoms with E-state index in [1.54, 1.807) is 0 Å². The van der Waals surface area contributed by atoms with Gasteiger partial charge in [-0.2, -0.15) is 26.3 Å².